The molecule has 19 heavy (non-hydrogen) atoms. The SMILES string of the molecule is C=C(C)CN(C)c1ncc(Br)cc1CNC(C)(C)C. The minimum Gasteiger partial charge on any atom is -0.355 e. The maximum Gasteiger partial charge on any atom is 0.133 e. The lowest BCUT2D eigenvalue weighted by atomic mass is 10.1. The van der Waals surface area contributed by atoms with Crippen molar-refractivity contribution in [2.24, 2.45) is 0 Å². The van der Waals surface area contributed by atoms with Crippen LogP contribution in [0.5, 0.6) is 0 Å². The second-order valence-corrected chi connectivity index (χ2v) is 6.97. The van der Waals surface area contributed by atoms with Gasteiger partial charge in [0.1, 0.15) is 5.82 Å². The maximum absolute atomic E-state index is 4.53. The normalized spacial score (nSPS) is 11.5. The van der Waals surface area contributed by atoms with Crippen LogP contribution in [0.15, 0.2) is 28.9 Å². The fraction of sp³-hybridized carbons (Fsp3) is 0.533. The summed E-state index contributed by atoms with van der Waals surface area (Å²) >= 11 is 3.49. The van der Waals surface area contributed by atoms with E-state index >= 15 is 0 Å². The van der Waals surface area contributed by atoms with Gasteiger partial charge in [-0.2, -0.15) is 0 Å². The molecule has 3 nitrogen and oxygen atoms in total. The van der Waals surface area contributed by atoms with Crippen LogP contribution in [0.2, 0.25) is 0 Å². The van der Waals surface area contributed by atoms with E-state index in [1.165, 1.54) is 5.56 Å². The van der Waals surface area contributed by atoms with Crippen LogP contribution >= 0.6 is 15.9 Å². The standard InChI is InChI=1S/C15H24BrN3/c1-11(2)10-19(6)14-12(7-13(16)9-17-14)8-18-15(3,4)5/h7,9,18H,1,8,10H2,2-6H3. The van der Waals surface area contributed by atoms with Gasteiger partial charge in [-0.15, -0.1) is 0 Å². The topological polar surface area (TPSA) is 28.2 Å². The van der Waals surface area contributed by atoms with Crippen LogP contribution < -0.4 is 10.2 Å². The van der Waals surface area contributed by atoms with Crippen molar-refractivity contribution in [3.63, 3.8) is 0 Å². The molecular weight excluding hydrogens is 302 g/mol. The fourth-order valence-electron chi connectivity index (χ4n) is 1.79. The number of hydrogen-bond acceptors (Lipinski definition) is 3. The molecule has 1 aromatic rings. The molecule has 0 amide bonds. The fourth-order valence-corrected chi connectivity index (χ4v) is 2.17. The van der Waals surface area contributed by atoms with E-state index in [2.05, 4.69) is 64.5 Å². The zero-order valence-corrected chi connectivity index (χ0v) is 14.1. The van der Waals surface area contributed by atoms with Gasteiger partial charge in [0.25, 0.3) is 0 Å². The van der Waals surface area contributed by atoms with Gasteiger partial charge in [0.2, 0.25) is 0 Å². The molecule has 0 aliphatic heterocycles. The number of halogens is 1. The number of nitrogens with one attached hydrogen (secondary N) is 1. The van der Waals surface area contributed by atoms with Crippen LogP contribution in [-0.2, 0) is 6.54 Å². The molecule has 0 atom stereocenters. The largest absolute Gasteiger partial charge is 0.355 e. The summed E-state index contributed by atoms with van der Waals surface area (Å²) in [6, 6.07) is 2.12. The van der Waals surface area contributed by atoms with E-state index in [9.17, 15) is 0 Å². The molecule has 106 valence electrons. The second-order valence-electron chi connectivity index (χ2n) is 6.05. The Balaban J connectivity index is 2.94. The van der Waals surface area contributed by atoms with E-state index in [0.29, 0.717) is 0 Å². The molecule has 0 aromatic carbocycles. The first-order chi connectivity index (χ1) is 8.69. The lowest BCUT2D eigenvalue weighted by Crippen LogP contribution is -2.35. The van der Waals surface area contributed by atoms with Crippen molar-refractivity contribution in [1.29, 1.82) is 0 Å². The molecule has 0 unspecified atom stereocenters. The van der Waals surface area contributed by atoms with Gasteiger partial charge in [0, 0.05) is 41.9 Å². The van der Waals surface area contributed by atoms with Crippen molar-refractivity contribution in [1.82, 2.24) is 10.3 Å². The zero-order chi connectivity index (χ0) is 14.6. The summed E-state index contributed by atoms with van der Waals surface area (Å²) in [6.07, 6.45) is 1.84. The van der Waals surface area contributed by atoms with Gasteiger partial charge in [-0.3, -0.25) is 0 Å². The minimum atomic E-state index is 0.0898. The lowest BCUT2D eigenvalue weighted by Gasteiger charge is -2.25. The number of pyridine rings is 1. The van der Waals surface area contributed by atoms with Crippen LogP contribution in [-0.4, -0.2) is 24.1 Å². The molecule has 0 saturated carbocycles. The van der Waals surface area contributed by atoms with Gasteiger partial charge in [0.15, 0.2) is 0 Å². The molecule has 1 rings (SSSR count). The predicted molar refractivity (Wildman–Crippen MR) is 86.6 cm³/mol. The van der Waals surface area contributed by atoms with Gasteiger partial charge >= 0.3 is 0 Å². The van der Waals surface area contributed by atoms with Gasteiger partial charge in [-0.25, -0.2) is 4.98 Å². The first-order valence-electron chi connectivity index (χ1n) is 6.44. The number of aromatic nitrogens is 1. The van der Waals surface area contributed by atoms with Crippen LogP contribution in [0.3, 0.4) is 0 Å². The molecule has 1 aromatic heterocycles. The molecular formula is C15H24BrN3. The molecule has 0 saturated heterocycles. The van der Waals surface area contributed by atoms with Crippen molar-refractivity contribution in [3.05, 3.63) is 34.5 Å². The summed E-state index contributed by atoms with van der Waals surface area (Å²) < 4.78 is 1.01. The lowest BCUT2D eigenvalue weighted by molar-refractivity contribution is 0.424. The van der Waals surface area contributed by atoms with Gasteiger partial charge in [0.05, 0.1) is 0 Å². The number of rotatable bonds is 5. The number of hydrogen-bond donors (Lipinski definition) is 1. The number of likely N-dealkylation sites (N-methyl/N-ethyl adjacent to an activating group) is 1. The van der Waals surface area contributed by atoms with Crippen molar-refractivity contribution < 1.29 is 0 Å². The Bertz CT molecular complexity index is 449. The third-order valence-electron chi connectivity index (χ3n) is 2.59. The molecule has 1 N–H and O–H groups in total. The Morgan fingerprint density at radius 1 is 1.47 bits per heavy atom. The number of anilines is 1. The van der Waals surface area contributed by atoms with Crippen molar-refractivity contribution >= 4 is 21.7 Å². The summed E-state index contributed by atoms with van der Waals surface area (Å²) in [5.74, 6) is 1.00. The van der Waals surface area contributed by atoms with E-state index in [0.717, 1.165) is 29.0 Å². The Hall–Kier alpha value is -0.870. The van der Waals surface area contributed by atoms with Crippen LogP contribution in [0.4, 0.5) is 5.82 Å². The minimum absolute atomic E-state index is 0.0898. The average Bonchev–Trinajstić information content (AvgIpc) is 2.24. The zero-order valence-electron chi connectivity index (χ0n) is 12.5. The maximum atomic E-state index is 4.53. The first-order valence-corrected chi connectivity index (χ1v) is 7.23. The van der Waals surface area contributed by atoms with Gasteiger partial charge < -0.3 is 10.2 Å². The van der Waals surface area contributed by atoms with E-state index in [1.54, 1.807) is 0 Å². The quantitative estimate of drug-likeness (QED) is 0.836. The van der Waals surface area contributed by atoms with Crippen LogP contribution in [0, 0.1) is 0 Å². The Morgan fingerprint density at radius 3 is 2.63 bits per heavy atom. The predicted octanol–water partition coefficient (Wildman–Crippen LogP) is 3.74. The molecule has 0 bridgehead atoms. The highest BCUT2D eigenvalue weighted by atomic mass is 79.9. The van der Waals surface area contributed by atoms with E-state index in [1.807, 2.05) is 20.2 Å². The smallest absolute Gasteiger partial charge is 0.133 e. The Labute approximate surface area is 125 Å². The van der Waals surface area contributed by atoms with Crippen molar-refractivity contribution in [2.75, 3.05) is 18.5 Å². The molecule has 0 spiro atoms. The van der Waals surface area contributed by atoms with E-state index < -0.39 is 0 Å². The molecule has 0 aliphatic carbocycles. The highest BCUT2D eigenvalue weighted by Crippen LogP contribution is 2.22. The monoisotopic (exact) mass is 325 g/mol. The second kappa shape index (κ2) is 6.53. The third kappa shape index (κ3) is 5.74. The van der Waals surface area contributed by atoms with Gasteiger partial charge in [-0.05, 0) is 49.7 Å². The average molecular weight is 326 g/mol. The summed E-state index contributed by atoms with van der Waals surface area (Å²) in [5, 5.41) is 3.50. The highest BCUT2D eigenvalue weighted by molar-refractivity contribution is 9.10. The summed E-state index contributed by atoms with van der Waals surface area (Å²) in [5.41, 5.74) is 2.40. The van der Waals surface area contributed by atoms with Gasteiger partial charge in [-0.1, -0.05) is 12.2 Å². The Kier molecular flexibility index (Phi) is 5.56. The molecule has 1 heterocycles. The summed E-state index contributed by atoms with van der Waals surface area (Å²) in [7, 11) is 2.05. The molecule has 4 heteroatoms. The molecule has 0 aliphatic rings. The summed E-state index contributed by atoms with van der Waals surface area (Å²) in [6.45, 7) is 14.1. The van der Waals surface area contributed by atoms with Crippen LogP contribution in [0.25, 0.3) is 0 Å². The molecule has 0 radical (unpaired) electrons. The van der Waals surface area contributed by atoms with E-state index in [4.69, 9.17) is 0 Å². The van der Waals surface area contributed by atoms with E-state index in [-0.39, 0.29) is 5.54 Å². The first kappa shape index (κ1) is 16.2. The Morgan fingerprint density at radius 2 is 2.11 bits per heavy atom. The summed E-state index contributed by atoms with van der Waals surface area (Å²) in [4.78, 5) is 6.66. The third-order valence-corrected chi connectivity index (χ3v) is 3.02. The van der Waals surface area contributed by atoms with Crippen LogP contribution in [0.1, 0.15) is 33.3 Å². The van der Waals surface area contributed by atoms with Crippen molar-refractivity contribution in [3.8, 4) is 0 Å². The number of nitrogens with zero attached hydrogens (tertiary/aromatic N) is 2. The highest BCUT2D eigenvalue weighted by Gasteiger charge is 2.13. The molecule has 0 fully saturated rings. The van der Waals surface area contributed by atoms with Crippen molar-refractivity contribution in [2.45, 2.75) is 39.8 Å².